The van der Waals surface area contributed by atoms with Crippen LogP contribution in [0.15, 0.2) is 24.3 Å². The van der Waals surface area contributed by atoms with Crippen molar-refractivity contribution < 1.29 is 9.53 Å². The van der Waals surface area contributed by atoms with Gasteiger partial charge in [-0.25, -0.2) is 0 Å². The van der Waals surface area contributed by atoms with E-state index in [0.717, 1.165) is 25.2 Å². The minimum Gasteiger partial charge on any atom is -0.376 e. The number of hydrogen-bond donors (Lipinski definition) is 0. The van der Waals surface area contributed by atoms with E-state index < -0.39 is 0 Å². The Morgan fingerprint density at radius 1 is 1.35 bits per heavy atom. The number of para-hydroxylation sites is 1. The lowest BCUT2D eigenvalue weighted by Gasteiger charge is -2.37. The lowest BCUT2D eigenvalue weighted by atomic mass is 10.2. The third kappa shape index (κ3) is 2.58. The van der Waals surface area contributed by atoms with Gasteiger partial charge >= 0.3 is 0 Å². The molecule has 1 fully saturated rings. The highest BCUT2D eigenvalue weighted by atomic mass is 16.5. The van der Waals surface area contributed by atoms with E-state index in [1.807, 2.05) is 23.1 Å². The average molecular weight is 274 g/mol. The SMILES string of the molecule is CC1CN(CC(=O)N2CCc3ccccc32)C(C)CO1. The summed E-state index contributed by atoms with van der Waals surface area (Å²) in [5.41, 5.74) is 2.37. The summed E-state index contributed by atoms with van der Waals surface area (Å²) >= 11 is 0. The summed E-state index contributed by atoms with van der Waals surface area (Å²) in [6.45, 7) is 7.04. The van der Waals surface area contributed by atoms with Gasteiger partial charge in [-0.2, -0.15) is 0 Å². The normalized spacial score (nSPS) is 26.6. The van der Waals surface area contributed by atoms with Gasteiger partial charge in [0.25, 0.3) is 0 Å². The first-order chi connectivity index (χ1) is 9.65. The summed E-state index contributed by atoms with van der Waals surface area (Å²) in [5.74, 6) is 0.205. The number of anilines is 1. The maximum Gasteiger partial charge on any atom is 0.241 e. The number of morpholine rings is 1. The molecule has 108 valence electrons. The Morgan fingerprint density at radius 3 is 3.00 bits per heavy atom. The number of hydrogen-bond acceptors (Lipinski definition) is 3. The van der Waals surface area contributed by atoms with Crippen LogP contribution in [0.25, 0.3) is 0 Å². The van der Waals surface area contributed by atoms with Crippen molar-refractivity contribution in [1.82, 2.24) is 4.90 Å². The summed E-state index contributed by atoms with van der Waals surface area (Å²) in [6.07, 6.45) is 1.18. The Labute approximate surface area is 120 Å². The molecule has 2 atom stereocenters. The minimum atomic E-state index is 0.205. The monoisotopic (exact) mass is 274 g/mol. The van der Waals surface area contributed by atoms with E-state index in [-0.39, 0.29) is 12.0 Å². The lowest BCUT2D eigenvalue weighted by molar-refractivity contribution is -0.123. The molecule has 3 rings (SSSR count). The van der Waals surface area contributed by atoms with E-state index in [1.54, 1.807) is 0 Å². The lowest BCUT2D eigenvalue weighted by Crippen LogP contribution is -2.51. The van der Waals surface area contributed by atoms with Crippen molar-refractivity contribution in [2.24, 2.45) is 0 Å². The number of ether oxygens (including phenoxy) is 1. The Morgan fingerprint density at radius 2 is 2.15 bits per heavy atom. The maximum absolute atomic E-state index is 12.6. The molecule has 0 N–H and O–H groups in total. The number of benzene rings is 1. The fourth-order valence-corrected chi connectivity index (χ4v) is 3.05. The van der Waals surface area contributed by atoms with Crippen LogP contribution in [0.3, 0.4) is 0 Å². The van der Waals surface area contributed by atoms with Gasteiger partial charge in [-0.05, 0) is 31.9 Å². The molecule has 2 aliphatic rings. The summed E-state index contributed by atoms with van der Waals surface area (Å²) in [7, 11) is 0. The number of amides is 1. The van der Waals surface area contributed by atoms with E-state index in [0.29, 0.717) is 19.2 Å². The third-order valence-electron chi connectivity index (χ3n) is 4.26. The fraction of sp³-hybridized carbons (Fsp3) is 0.562. The second kappa shape index (κ2) is 5.54. The highest BCUT2D eigenvalue weighted by Crippen LogP contribution is 2.27. The van der Waals surface area contributed by atoms with Crippen molar-refractivity contribution in [1.29, 1.82) is 0 Å². The zero-order valence-electron chi connectivity index (χ0n) is 12.2. The van der Waals surface area contributed by atoms with Crippen molar-refractivity contribution in [2.45, 2.75) is 32.4 Å². The smallest absolute Gasteiger partial charge is 0.241 e. The molecular weight excluding hydrogens is 252 g/mol. The van der Waals surface area contributed by atoms with Gasteiger partial charge in [0.1, 0.15) is 0 Å². The van der Waals surface area contributed by atoms with Gasteiger partial charge in [0.05, 0.1) is 19.3 Å². The zero-order valence-corrected chi connectivity index (χ0v) is 12.2. The standard InChI is InChI=1S/C16H22N2O2/c1-12-11-20-13(2)9-17(12)10-16(19)18-8-7-14-5-3-4-6-15(14)18/h3-6,12-13H,7-11H2,1-2H3. The summed E-state index contributed by atoms with van der Waals surface area (Å²) in [4.78, 5) is 16.7. The molecule has 0 aliphatic carbocycles. The van der Waals surface area contributed by atoms with Crippen molar-refractivity contribution in [2.75, 3.05) is 31.1 Å². The van der Waals surface area contributed by atoms with Crippen LogP contribution in [0.1, 0.15) is 19.4 Å². The number of fused-ring (bicyclic) bond motifs is 1. The Hall–Kier alpha value is -1.39. The first-order valence-electron chi connectivity index (χ1n) is 7.39. The molecule has 4 nitrogen and oxygen atoms in total. The van der Waals surface area contributed by atoms with E-state index in [9.17, 15) is 4.79 Å². The minimum absolute atomic E-state index is 0.205. The first-order valence-corrected chi connectivity index (χ1v) is 7.39. The predicted molar refractivity (Wildman–Crippen MR) is 78.9 cm³/mol. The molecule has 1 aromatic rings. The molecule has 0 saturated carbocycles. The molecular formula is C16H22N2O2. The summed E-state index contributed by atoms with van der Waals surface area (Å²) in [5, 5.41) is 0. The largest absolute Gasteiger partial charge is 0.376 e. The van der Waals surface area contributed by atoms with E-state index in [1.165, 1.54) is 5.56 Å². The van der Waals surface area contributed by atoms with Gasteiger partial charge in [0.2, 0.25) is 5.91 Å². The summed E-state index contributed by atoms with van der Waals surface area (Å²) in [6, 6.07) is 8.52. The topological polar surface area (TPSA) is 32.8 Å². The Balaban J connectivity index is 1.68. The van der Waals surface area contributed by atoms with Crippen LogP contribution in [0.5, 0.6) is 0 Å². The van der Waals surface area contributed by atoms with Crippen LogP contribution >= 0.6 is 0 Å². The van der Waals surface area contributed by atoms with Gasteiger partial charge in [0, 0.05) is 24.8 Å². The molecule has 1 amide bonds. The molecule has 1 aromatic carbocycles. The molecule has 20 heavy (non-hydrogen) atoms. The van der Waals surface area contributed by atoms with Gasteiger partial charge in [-0.1, -0.05) is 18.2 Å². The van der Waals surface area contributed by atoms with Crippen molar-refractivity contribution >= 4 is 11.6 Å². The number of carbonyl (C=O) groups is 1. The molecule has 0 spiro atoms. The average Bonchev–Trinajstić information content (AvgIpc) is 2.87. The third-order valence-corrected chi connectivity index (χ3v) is 4.26. The van der Waals surface area contributed by atoms with Crippen LogP contribution in [-0.4, -0.2) is 49.2 Å². The van der Waals surface area contributed by atoms with Crippen molar-refractivity contribution in [3.63, 3.8) is 0 Å². The summed E-state index contributed by atoms with van der Waals surface area (Å²) < 4.78 is 5.62. The highest BCUT2D eigenvalue weighted by molar-refractivity contribution is 5.96. The molecule has 0 radical (unpaired) electrons. The Bertz CT molecular complexity index is 503. The quantitative estimate of drug-likeness (QED) is 0.822. The van der Waals surface area contributed by atoms with Crippen LogP contribution in [0.4, 0.5) is 5.69 Å². The maximum atomic E-state index is 12.6. The van der Waals surface area contributed by atoms with E-state index in [4.69, 9.17) is 4.74 Å². The molecule has 0 aromatic heterocycles. The molecule has 2 aliphatic heterocycles. The Kier molecular flexibility index (Phi) is 3.76. The van der Waals surface area contributed by atoms with Crippen LogP contribution in [-0.2, 0) is 16.0 Å². The van der Waals surface area contributed by atoms with Gasteiger partial charge in [-0.15, -0.1) is 0 Å². The van der Waals surface area contributed by atoms with Crippen LogP contribution < -0.4 is 4.90 Å². The predicted octanol–water partition coefficient (Wildman–Crippen LogP) is 1.68. The zero-order chi connectivity index (χ0) is 14.1. The molecule has 0 bridgehead atoms. The number of rotatable bonds is 2. The number of carbonyl (C=O) groups excluding carboxylic acids is 1. The van der Waals surface area contributed by atoms with Gasteiger partial charge in [0.15, 0.2) is 0 Å². The second-order valence-electron chi connectivity index (χ2n) is 5.85. The highest BCUT2D eigenvalue weighted by Gasteiger charge is 2.29. The van der Waals surface area contributed by atoms with Gasteiger partial charge in [-0.3, -0.25) is 9.69 Å². The molecule has 1 saturated heterocycles. The van der Waals surface area contributed by atoms with Gasteiger partial charge < -0.3 is 9.64 Å². The number of nitrogens with zero attached hydrogens (tertiary/aromatic N) is 2. The van der Waals surface area contributed by atoms with Crippen molar-refractivity contribution in [3.8, 4) is 0 Å². The van der Waals surface area contributed by atoms with E-state index in [2.05, 4.69) is 24.8 Å². The van der Waals surface area contributed by atoms with Crippen LogP contribution in [0.2, 0.25) is 0 Å². The van der Waals surface area contributed by atoms with Crippen molar-refractivity contribution in [3.05, 3.63) is 29.8 Å². The van der Waals surface area contributed by atoms with E-state index >= 15 is 0 Å². The second-order valence-corrected chi connectivity index (χ2v) is 5.85. The molecule has 2 unspecified atom stereocenters. The van der Waals surface area contributed by atoms with Crippen LogP contribution in [0, 0.1) is 0 Å². The molecule has 4 heteroatoms. The molecule has 2 heterocycles. The first kappa shape index (κ1) is 13.6. The fourth-order valence-electron chi connectivity index (χ4n) is 3.05.